The van der Waals surface area contributed by atoms with E-state index in [1.165, 1.54) is 50.1 Å². The van der Waals surface area contributed by atoms with Crippen molar-refractivity contribution in [1.29, 1.82) is 0 Å². The van der Waals surface area contributed by atoms with Crippen molar-refractivity contribution >= 4 is 67.6 Å². The maximum Gasteiger partial charge on any atom is 0.514 e. The summed E-state index contributed by atoms with van der Waals surface area (Å²) in [6.45, 7) is 0. The fourth-order valence-electron chi connectivity index (χ4n) is 3.71. The van der Waals surface area contributed by atoms with E-state index in [0.29, 0.717) is 0 Å². The van der Waals surface area contributed by atoms with Crippen LogP contribution in [0.5, 0.6) is 0 Å². The van der Waals surface area contributed by atoms with Gasteiger partial charge in [-0.05, 0) is 43.1 Å². The molecule has 0 unspecified atom stereocenters. The molecule has 1 amide bonds. The molecule has 36 heavy (non-hydrogen) atoms. The predicted octanol–water partition coefficient (Wildman–Crippen LogP) is 6.20. The SMILES string of the molecule is CNC(=O)OC(=O)O.O=C(O)O.O=C(O)O.c1cc2cccc3c4cccc5cccc(c(c1)c23)c54. The summed E-state index contributed by atoms with van der Waals surface area (Å²) in [5.41, 5.74) is 0. The first-order valence-electron chi connectivity index (χ1n) is 10.1. The Morgan fingerprint density at radius 2 is 0.861 bits per heavy atom. The number of hydrogen-bond donors (Lipinski definition) is 6. The summed E-state index contributed by atoms with van der Waals surface area (Å²) in [5, 5.41) is 48.5. The third-order valence-corrected chi connectivity index (χ3v) is 4.77. The van der Waals surface area contributed by atoms with Gasteiger partial charge < -0.3 is 35.6 Å². The third kappa shape index (κ3) is 6.84. The zero-order valence-electron chi connectivity index (χ0n) is 18.7. The molecule has 0 atom stereocenters. The number of fused-ring (bicyclic) bond motifs is 2. The number of alkyl carbamates (subject to hydrolysis) is 1. The van der Waals surface area contributed by atoms with Gasteiger partial charge in [0, 0.05) is 7.05 Å². The number of benzene rings is 5. The Morgan fingerprint density at radius 3 is 1.06 bits per heavy atom. The molecule has 0 radical (unpaired) electrons. The standard InChI is InChI=1S/C20H12.C3H5NO4.2CH2O3/c1-5-13-6-2-11-17-18-12-4-8-14-7-3-10-16(20(14)18)15(9-1)19(13)17;1-4-2(5)8-3(6)7;2*2-1(3)4/h1-12H;1H3,(H,4,5)(H,6,7);2*(H2,2,3,4). The lowest BCUT2D eigenvalue weighted by Gasteiger charge is -2.13. The van der Waals surface area contributed by atoms with Crippen LogP contribution in [-0.4, -0.2) is 57.1 Å². The highest BCUT2D eigenvalue weighted by Gasteiger charge is 2.11. The van der Waals surface area contributed by atoms with Crippen molar-refractivity contribution in [2.75, 3.05) is 7.05 Å². The van der Waals surface area contributed by atoms with E-state index in [-0.39, 0.29) is 0 Å². The van der Waals surface area contributed by atoms with Crippen LogP contribution >= 0.6 is 0 Å². The summed E-state index contributed by atoms with van der Waals surface area (Å²) in [6.07, 6.45) is -6.25. The van der Waals surface area contributed by atoms with Gasteiger partial charge in [0.2, 0.25) is 0 Å². The number of carbonyl (C=O) groups is 4. The molecule has 0 fully saturated rings. The first kappa shape index (κ1) is 26.9. The van der Waals surface area contributed by atoms with Gasteiger partial charge in [-0.15, -0.1) is 0 Å². The molecule has 0 saturated heterocycles. The number of amides is 1. The zero-order valence-corrected chi connectivity index (χ0v) is 18.7. The normalized spacial score (nSPS) is 9.69. The average molecular weight is 495 g/mol. The van der Waals surface area contributed by atoms with Crippen LogP contribution in [0.3, 0.4) is 0 Å². The second-order valence-electron chi connectivity index (χ2n) is 6.89. The Balaban J connectivity index is 0.000000239. The van der Waals surface area contributed by atoms with E-state index in [2.05, 4.69) is 77.5 Å². The van der Waals surface area contributed by atoms with E-state index < -0.39 is 24.6 Å². The topological polar surface area (TPSA) is 191 Å². The minimum Gasteiger partial charge on any atom is -0.450 e. The highest BCUT2D eigenvalue weighted by molar-refractivity contribution is 6.32. The molecule has 0 heterocycles. The lowest BCUT2D eigenvalue weighted by atomic mass is 9.90. The first-order chi connectivity index (χ1) is 17.1. The van der Waals surface area contributed by atoms with Crippen LogP contribution in [0.2, 0.25) is 0 Å². The summed E-state index contributed by atoms with van der Waals surface area (Å²) in [5.74, 6) is 0. The second-order valence-corrected chi connectivity index (χ2v) is 6.89. The predicted molar refractivity (Wildman–Crippen MR) is 133 cm³/mol. The molecule has 0 aliphatic rings. The quantitative estimate of drug-likeness (QED) is 0.0623. The van der Waals surface area contributed by atoms with Crippen molar-refractivity contribution in [1.82, 2.24) is 5.32 Å². The van der Waals surface area contributed by atoms with Gasteiger partial charge in [-0.25, -0.2) is 19.2 Å². The van der Waals surface area contributed by atoms with Crippen molar-refractivity contribution < 1.29 is 49.4 Å². The Hall–Kier alpha value is -5.32. The van der Waals surface area contributed by atoms with E-state index in [4.69, 9.17) is 35.1 Å². The minimum absolute atomic E-state index is 0.975. The molecule has 186 valence electrons. The van der Waals surface area contributed by atoms with Crippen LogP contribution in [-0.2, 0) is 4.74 Å². The molecule has 5 aromatic rings. The highest BCUT2D eigenvalue weighted by atomic mass is 16.7. The van der Waals surface area contributed by atoms with Gasteiger partial charge in [0.25, 0.3) is 0 Å². The lowest BCUT2D eigenvalue weighted by molar-refractivity contribution is 0.110. The van der Waals surface area contributed by atoms with E-state index in [0.717, 1.165) is 0 Å². The molecule has 0 spiro atoms. The molecule has 5 rings (SSSR count). The van der Waals surface area contributed by atoms with Gasteiger partial charge in [0.05, 0.1) is 0 Å². The van der Waals surface area contributed by atoms with Crippen LogP contribution in [0.4, 0.5) is 19.2 Å². The van der Waals surface area contributed by atoms with Crippen LogP contribution in [0.1, 0.15) is 0 Å². The van der Waals surface area contributed by atoms with Crippen molar-refractivity contribution in [2.24, 2.45) is 0 Å². The largest absolute Gasteiger partial charge is 0.514 e. The smallest absolute Gasteiger partial charge is 0.450 e. The molecule has 5 aromatic carbocycles. The molecule has 0 aliphatic heterocycles. The lowest BCUT2D eigenvalue weighted by Crippen LogP contribution is -2.21. The molecule has 11 heteroatoms. The summed E-state index contributed by atoms with van der Waals surface area (Å²) >= 11 is 0. The first-order valence-corrected chi connectivity index (χ1v) is 10.1. The maximum atomic E-state index is 9.91. The Bertz CT molecular complexity index is 1340. The van der Waals surface area contributed by atoms with E-state index in [9.17, 15) is 9.59 Å². The van der Waals surface area contributed by atoms with Gasteiger partial charge in [0.1, 0.15) is 0 Å². The molecule has 0 aliphatic carbocycles. The molecule has 0 bridgehead atoms. The Kier molecular flexibility index (Phi) is 9.15. The van der Waals surface area contributed by atoms with Crippen molar-refractivity contribution in [3.8, 4) is 0 Å². The van der Waals surface area contributed by atoms with Gasteiger partial charge in [0.15, 0.2) is 0 Å². The Morgan fingerprint density at radius 1 is 0.583 bits per heavy atom. The van der Waals surface area contributed by atoms with Crippen molar-refractivity contribution in [2.45, 2.75) is 0 Å². The molecule has 11 nitrogen and oxygen atoms in total. The maximum absolute atomic E-state index is 9.91. The number of carbonyl (C=O) groups excluding carboxylic acids is 1. The van der Waals surface area contributed by atoms with Crippen LogP contribution in [0, 0.1) is 0 Å². The number of hydrogen-bond acceptors (Lipinski definition) is 5. The van der Waals surface area contributed by atoms with Crippen molar-refractivity contribution in [3.63, 3.8) is 0 Å². The second kappa shape index (κ2) is 12.2. The summed E-state index contributed by atoms with van der Waals surface area (Å²) < 4.78 is 3.57. The summed E-state index contributed by atoms with van der Waals surface area (Å²) in [7, 11) is 1.27. The fourth-order valence-corrected chi connectivity index (χ4v) is 3.71. The minimum atomic E-state index is -1.83. The molecular weight excluding hydrogens is 474 g/mol. The fraction of sp³-hybridized carbons (Fsp3) is 0.0400. The van der Waals surface area contributed by atoms with Crippen LogP contribution < -0.4 is 5.32 Å². The Labute approximate surface area is 202 Å². The van der Waals surface area contributed by atoms with Crippen LogP contribution in [0.25, 0.3) is 43.1 Å². The monoisotopic (exact) mass is 495 g/mol. The van der Waals surface area contributed by atoms with E-state index in [1.807, 2.05) is 5.32 Å². The van der Waals surface area contributed by atoms with Gasteiger partial charge >= 0.3 is 24.6 Å². The third-order valence-electron chi connectivity index (χ3n) is 4.77. The molecule has 0 saturated carbocycles. The van der Waals surface area contributed by atoms with E-state index >= 15 is 0 Å². The summed E-state index contributed by atoms with van der Waals surface area (Å²) in [6, 6.07) is 26.4. The molecule has 0 aromatic heterocycles. The summed E-state index contributed by atoms with van der Waals surface area (Å²) in [4.78, 5) is 36.5. The average Bonchev–Trinajstić information content (AvgIpc) is 2.81. The number of carboxylic acid groups (broad SMARTS) is 5. The van der Waals surface area contributed by atoms with Gasteiger partial charge in [-0.1, -0.05) is 72.8 Å². The van der Waals surface area contributed by atoms with Gasteiger partial charge in [-0.2, -0.15) is 0 Å². The highest BCUT2D eigenvalue weighted by Crippen LogP contribution is 2.39. The number of rotatable bonds is 0. The molecular formula is C25H21NO10. The van der Waals surface area contributed by atoms with E-state index in [1.54, 1.807) is 0 Å². The van der Waals surface area contributed by atoms with Gasteiger partial charge in [-0.3, -0.25) is 0 Å². The number of nitrogens with one attached hydrogen (secondary N) is 1. The van der Waals surface area contributed by atoms with Crippen molar-refractivity contribution in [3.05, 3.63) is 72.8 Å². The number of ether oxygens (including phenoxy) is 1. The zero-order chi connectivity index (χ0) is 26.8. The van der Waals surface area contributed by atoms with Crippen LogP contribution in [0.15, 0.2) is 72.8 Å². The molecule has 6 N–H and O–H groups in total.